The highest BCUT2D eigenvalue weighted by molar-refractivity contribution is 6.31. The number of Topliss-reactive ketones (excluding diaryl/α,β-unsaturated/α-hetero) is 1. The molecule has 4 fully saturated rings. The molecule has 1 aromatic rings. The van der Waals surface area contributed by atoms with Crippen molar-refractivity contribution in [2.45, 2.75) is 71.6 Å². The summed E-state index contributed by atoms with van der Waals surface area (Å²) in [5.74, 6) is 4.30. The number of benzene rings is 1. The maximum absolute atomic E-state index is 13.6. The van der Waals surface area contributed by atoms with E-state index in [1.54, 1.807) is 6.07 Å². The summed E-state index contributed by atoms with van der Waals surface area (Å²) in [5.41, 5.74) is 2.02. The number of nitrogens with one attached hydrogen (secondary N) is 2. The summed E-state index contributed by atoms with van der Waals surface area (Å²) >= 11 is 6.18. The van der Waals surface area contributed by atoms with Gasteiger partial charge in [-0.2, -0.15) is 0 Å². The fourth-order valence-corrected chi connectivity index (χ4v) is 9.63. The number of hydrogen-bond donors (Lipinski definition) is 2. The highest BCUT2D eigenvalue weighted by Crippen LogP contribution is 2.68. The molecule has 4 aliphatic carbocycles. The lowest BCUT2D eigenvalue weighted by molar-refractivity contribution is -0.154. The molecular formula is C30H43ClN2O2. The van der Waals surface area contributed by atoms with Gasteiger partial charge in [0.2, 0.25) is 0 Å². The Bertz CT molecular complexity index is 966. The first-order valence-corrected chi connectivity index (χ1v) is 14.3. The highest BCUT2D eigenvalue weighted by atomic mass is 35.5. The van der Waals surface area contributed by atoms with Gasteiger partial charge in [-0.05, 0) is 110 Å². The summed E-state index contributed by atoms with van der Waals surface area (Å²) in [6.07, 6.45) is 12.7. The molecule has 0 aliphatic heterocycles. The zero-order chi connectivity index (χ0) is 24.8. The number of rotatable bonds is 7. The maximum Gasteiger partial charge on any atom is 0.155 e. The van der Waals surface area contributed by atoms with Gasteiger partial charge in [-0.1, -0.05) is 31.9 Å². The molecule has 0 heterocycles. The van der Waals surface area contributed by atoms with Crippen LogP contribution in [0, 0.1) is 51.7 Å². The molecule has 0 saturated heterocycles. The Balaban J connectivity index is 1.32. The Labute approximate surface area is 216 Å². The molecule has 0 aromatic heterocycles. The van der Waals surface area contributed by atoms with Crippen molar-refractivity contribution >= 4 is 29.3 Å². The topological polar surface area (TPSA) is 62.2 Å². The summed E-state index contributed by atoms with van der Waals surface area (Å²) < 4.78 is 5.94. The highest BCUT2D eigenvalue weighted by Gasteiger charge is 2.62. The van der Waals surface area contributed by atoms with Crippen molar-refractivity contribution in [2.24, 2.45) is 46.3 Å². The van der Waals surface area contributed by atoms with Crippen LogP contribution in [0.5, 0.6) is 0 Å². The van der Waals surface area contributed by atoms with Crippen molar-refractivity contribution in [3.63, 3.8) is 0 Å². The van der Waals surface area contributed by atoms with Crippen LogP contribution in [0.25, 0.3) is 0 Å². The summed E-state index contributed by atoms with van der Waals surface area (Å²) in [6.45, 7) is 6.12. The molecule has 2 N–H and O–H groups in total. The van der Waals surface area contributed by atoms with Gasteiger partial charge in [0.25, 0.3) is 0 Å². The van der Waals surface area contributed by atoms with Gasteiger partial charge in [-0.3, -0.25) is 4.79 Å². The van der Waals surface area contributed by atoms with E-state index in [4.69, 9.17) is 21.7 Å². The minimum Gasteiger partial charge on any atom is -0.384 e. The normalized spacial score (nSPS) is 40.3. The molecule has 4 nitrogen and oxygen atoms in total. The third-order valence-corrected chi connectivity index (χ3v) is 11.3. The average molecular weight is 499 g/mol. The molecule has 0 spiro atoms. The molecule has 192 valence electrons. The number of hydrogen-bond acceptors (Lipinski definition) is 4. The zero-order valence-corrected chi connectivity index (χ0v) is 22.5. The Hall–Kier alpha value is -1.39. The van der Waals surface area contributed by atoms with Crippen LogP contribution in [-0.4, -0.2) is 32.3 Å². The molecule has 5 rings (SSSR count). The van der Waals surface area contributed by atoms with E-state index < -0.39 is 0 Å². The minimum atomic E-state index is 0.113. The molecule has 0 amide bonds. The van der Waals surface area contributed by atoms with Crippen LogP contribution in [-0.2, 0) is 9.53 Å². The number of methoxy groups -OCH3 is 1. The molecule has 1 aromatic carbocycles. The first-order valence-electron chi connectivity index (χ1n) is 13.9. The van der Waals surface area contributed by atoms with Crippen LogP contribution in [0.2, 0.25) is 5.02 Å². The van der Waals surface area contributed by atoms with E-state index in [0.29, 0.717) is 28.7 Å². The van der Waals surface area contributed by atoms with Crippen molar-refractivity contribution < 1.29 is 9.53 Å². The molecule has 0 radical (unpaired) electrons. The van der Waals surface area contributed by atoms with Crippen molar-refractivity contribution in [2.75, 3.05) is 25.6 Å². The number of halogens is 1. The summed E-state index contributed by atoms with van der Waals surface area (Å²) in [4.78, 5) is 13.6. The third kappa shape index (κ3) is 4.27. The molecule has 35 heavy (non-hydrogen) atoms. The van der Waals surface area contributed by atoms with Gasteiger partial charge in [0.05, 0.1) is 13.2 Å². The van der Waals surface area contributed by atoms with Crippen molar-refractivity contribution in [3.05, 3.63) is 28.8 Å². The van der Waals surface area contributed by atoms with Crippen LogP contribution in [0.4, 0.5) is 5.69 Å². The fraction of sp³-hybridized carbons (Fsp3) is 0.733. The Morgan fingerprint density at radius 1 is 1.17 bits per heavy atom. The van der Waals surface area contributed by atoms with Gasteiger partial charge in [-0.15, -0.1) is 0 Å². The number of ether oxygens (including phenoxy) is 1. The van der Waals surface area contributed by atoms with E-state index in [-0.39, 0.29) is 11.3 Å². The standard InChI is InChI=1S/C30H43ClN2O2/c1-19-10-13-30(18-35-3)21(14-19)5-7-23-24-8-9-26(29(24,2)12-11-25(23)30)28(34)17-33-27-15-22(31)6-4-20(27)16-32/h4,6,15-16,19,21,23-26,32-33H,5,7-14,17-18H2,1-3H3/t19?,21?,23?,24?,25?,26?,29-,30?/m0/s1. The zero-order valence-electron chi connectivity index (χ0n) is 21.7. The third-order valence-electron chi connectivity index (χ3n) is 11.1. The van der Waals surface area contributed by atoms with Crippen LogP contribution in [0.15, 0.2) is 18.2 Å². The SMILES string of the molecule is COCC12CCC(C)CC1CCC1C2CC[C@]2(C)C(C(=O)CNc3cc(Cl)ccc3C=N)CCC12. The number of carbonyl (C=O) groups excluding carboxylic acids is 1. The van der Waals surface area contributed by atoms with Crippen LogP contribution in [0.1, 0.15) is 77.2 Å². The summed E-state index contributed by atoms with van der Waals surface area (Å²) in [6, 6.07) is 5.43. The predicted octanol–water partition coefficient (Wildman–Crippen LogP) is 7.24. The van der Waals surface area contributed by atoms with Gasteiger partial charge in [0.15, 0.2) is 5.78 Å². The number of carbonyl (C=O) groups is 1. The van der Waals surface area contributed by atoms with E-state index in [1.807, 2.05) is 19.2 Å². The fourth-order valence-electron chi connectivity index (χ4n) is 9.46. The second-order valence-electron chi connectivity index (χ2n) is 12.6. The molecule has 5 heteroatoms. The molecular weight excluding hydrogens is 456 g/mol. The van der Waals surface area contributed by atoms with Crippen LogP contribution < -0.4 is 5.32 Å². The van der Waals surface area contributed by atoms with Gasteiger partial charge < -0.3 is 15.5 Å². The van der Waals surface area contributed by atoms with Gasteiger partial charge in [-0.25, -0.2) is 0 Å². The molecule has 4 aliphatic rings. The van der Waals surface area contributed by atoms with Gasteiger partial charge in [0.1, 0.15) is 0 Å². The molecule has 8 atom stereocenters. The van der Waals surface area contributed by atoms with E-state index in [2.05, 4.69) is 19.2 Å². The average Bonchev–Trinajstić information content (AvgIpc) is 3.20. The first-order chi connectivity index (χ1) is 16.8. The maximum atomic E-state index is 13.6. The second kappa shape index (κ2) is 9.82. The molecule has 7 unspecified atom stereocenters. The summed E-state index contributed by atoms with van der Waals surface area (Å²) in [7, 11) is 1.90. The molecule has 4 saturated carbocycles. The lowest BCUT2D eigenvalue weighted by Gasteiger charge is -2.62. The van der Waals surface area contributed by atoms with E-state index >= 15 is 0 Å². The lowest BCUT2D eigenvalue weighted by Crippen LogP contribution is -2.56. The van der Waals surface area contributed by atoms with Crippen LogP contribution in [0.3, 0.4) is 0 Å². The smallest absolute Gasteiger partial charge is 0.155 e. The Morgan fingerprint density at radius 2 is 2.00 bits per heavy atom. The van der Waals surface area contributed by atoms with Crippen molar-refractivity contribution in [1.82, 2.24) is 0 Å². The number of fused-ring (bicyclic) bond motifs is 5. The second-order valence-corrected chi connectivity index (χ2v) is 13.0. The lowest BCUT2D eigenvalue weighted by atomic mass is 9.44. The van der Waals surface area contributed by atoms with Crippen LogP contribution >= 0.6 is 11.6 Å². The number of ketones is 1. The van der Waals surface area contributed by atoms with E-state index in [9.17, 15) is 4.79 Å². The Kier molecular flexibility index (Phi) is 7.09. The van der Waals surface area contributed by atoms with Crippen molar-refractivity contribution in [3.8, 4) is 0 Å². The summed E-state index contributed by atoms with van der Waals surface area (Å²) in [5, 5.41) is 11.6. The van der Waals surface area contributed by atoms with Gasteiger partial charge in [0, 0.05) is 35.5 Å². The van der Waals surface area contributed by atoms with E-state index in [1.165, 1.54) is 57.6 Å². The molecule has 0 bridgehead atoms. The quantitative estimate of drug-likeness (QED) is 0.389. The predicted molar refractivity (Wildman–Crippen MR) is 143 cm³/mol. The monoisotopic (exact) mass is 498 g/mol. The Morgan fingerprint density at radius 3 is 2.77 bits per heavy atom. The minimum absolute atomic E-state index is 0.113. The van der Waals surface area contributed by atoms with E-state index in [0.717, 1.165) is 48.0 Å². The van der Waals surface area contributed by atoms with Gasteiger partial charge >= 0.3 is 0 Å². The number of anilines is 1. The first kappa shape index (κ1) is 25.3. The largest absolute Gasteiger partial charge is 0.384 e. The van der Waals surface area contributed by atoms with Crippen molar-refractivity contribution in [1.29, 1.82) is 5.41 Å².